The number of pyridine rings is 1. The molecule has 5 heteroatoms. The lowest BCUT2D eigenvalue weighted by Gasteiger charge is -2.17. The normalized spacial score (nSPS) is 11.0. The summed E-state index contributed by atoms with van der Waals surface area (Å²) < 4.78 is 11.3. The lowest BCUT2D eigenvalue weighted by molar-refractivity contribution is 0.254. The van der Waals surface area contributed by atoms with Crippen LogP contribution in [0.4, 0.5) is 0 Å². The standard InChI is InChI=1S/C31H27NO4/c1-35-30-27(19-34)26(18-33)16-25-17-28(32-31(36-2)29(25)30)24-14-22(20-9-5-3-6-10-20)13-23(15-24)21-11-7-4-8-12-21/h3-17,33-34H,18-19H2,1-2H3. The van der Waals surface area contributed by atoms with Crippen molar-refractivity contribution in [3.05, 3.63) is 102 Å². The van der Waals surface area contributed by atoms with Gasteiger partial charge in [-0.2, -0.15) is 0 Å². The summed E-state index contributed by atoms with van der Waals surface area (Å²) in [5.41, 5.74) is 7.18. The Morgan fingerprint density at radius 1 is 0.639 bits per heavy atom. The molecule has 0 amide bonds. The Morgan fingerprint density at radius 2 is 1.22 bits per heavy atom. The largest absolute Gasteiger partial charge is 0.496 e. The van der Waals surface area contributed by atoms with Crippen molar-refractivity contribution in [2.45, 2.75) is 13.2 Å². The molecule has 0 radical (unpaired) electrons. The van der Waals surface area contributed by atoms with Crippen molar-refractivity contribution in [3.8, 4) is 45.1 Å². The summed E-state index contributed by atoms with van der Waals surface area (Å²) in [7, 11) is 3.11. The topological polar surface area (TPSA) is 71.8 Å². The van der Waals surface area contributed by atoms with E-state index in [0.29, 0.717) is 28.1 Å². The molecule has 5 nitrogen and oxygen atoms in total. The first-order valence-electron chi connectivity index (χ1n) is 11.7. The average Bonchev–Trinajstić information content (AvgIpc) is 2.96. The maximum absolute atomic E-state index is 9.95. The van der Waals surface area contributed by atoms with E-state index >= 15 is 0 Å². The smallest absolute Gasteiger partial charge is 0.225 e. The van der Waals surface area contributed by atoms with Crippen LogP contribution in [0.1, 0.15) is 11.1 Å². The molecule has 5 aromatic rings. The molecule has 4 aromatic carbocycles. The van der Waals surface area contributed by atoms with Gasteiger partial charge in [0, 0.05) is 11.1 Å². The summed E-state index contributed by atoms with van der Waals surface area (Å²) in [6.45, 7) is -0.483. The summed E-state index contributed by atoms with van der Waals surface area (Å²) in [6.07, 6.45) is 0. The number of nitrogens with zero attached hydrogens (tertiary/aromatic N) is 1. The number of hydrogen-bond donors (Lipinski definition) is 2. The summed E-state index contributed by atoms with van der Waals surface area (Å²) in [6, 6.07) is 30.8. The molecule has 0 aliphatic rings. The number of aliphatic hydroxyl groups is 2. The highest BCUT2D eigenvalue weighted by molar-refractivity contribution is 5.97. The molecule has 0 fully saturated rings. The van der Waals surface area contributed by atoms with Crippen molar-refractivity contribution in [3.63, 3.8) is 0 Å². The van der Waals surface area contributed by atoms with Gasteiger partial charge in [-0.05, 0) is 63.5 Å². The molecule has 36 heavy (non-hydrogen) atoms. The van der Waals surface area contributed by atoms with E-state index in [1.165, 1.54) is 7.11 Å². The van der Waals surface area contributed by atoms with Gasteiger partial charge in [-0.3, -0.25) is 0 Å². The van der Waals surface area contributed by atoms with E-state index in [9.17, 15) is 10.2 Å². The SMILES string of the molecule is COc1nc(-c2cc(-c3ccccc3)cc(-c3ccccc3)c2)cc2cc(CO)c(CO)c(OC)c12. The number of benzene rings is 4. The predicted octanol–water partition coefficient (Wildman–Crippen LogP) is 6.24. The molecule has 0 saturated carbocycles. The van der Waals surface area contributed by atoms with Crippen LogP contribution in [0.2, 0.25) is 0 Å². The second-order valence-electron chi connectivity index (χ2n) is 8.51. The van der Waals surface area contributed by atoms with Crippen molar-refractivity contribution in [2.75, 3.05) is 14.2 Å². The van der Waals surface area contributed by atoms with Crippen LogP contribution in [0.3, 0.4) is 0 Å². The van der Waals surface area contributed by atoms with Crippen molar-refractivity contribution < 1.29 is 19.7 Å². The minimum atomic E-state index is -0.264. The number of fused-ring (bicyclic) bond motifs is 1. The van der Waals surface area contributed by atoms with Crippen LogP contribution in [0.25, 0.3) is 44.3 Å². The molecule has 0 saturated heterocycles. The van der Waals surface area contributed by atoms with Gasteiger partial charge in [0.15, 0.2) is 0 Å². The lowest BCUT2D eigenvalue weighted by Crippen LogP contribution is -2.02. The van der Waals surface area contributed by atoms with E-state index < -0.39 is 0 Å². The van der Waals surface area contributed by atoms with Gasteiger partial charge < -0.3 is 19.7 Å². The molecule has 2 N–H and O–H groups in total. The van der Waals surface area contributed by atoms with E-state index in [4.69, 9.17) is 14.5 Å². The fourth-order valence-corrected chi connectivity index (χ4v) is 4.66. The molecule has 0 bridgehead atoms. The minimum absolute atomic E-state index is 0.218. The average molecular weight is 478 g/mol. The molecule has 1 heterocycles. The zero-order chi connectivity index (χ0) is 25.1. The Bertz CT molecular complexity index is 1460. The van der Waals surface area contributed by atoms with Crippen LogP contribution >= 0.6 is 0 Å². The fourth-order valence-electron chi connectivity index (χ4n) is 4.66. The summed E-state index contributed by atoms with van der Waals surface area (Å²) in [5, 5.41) is 21.4. The van der Waals surface area contributed by atoms with Gasteiger partial charge in [-0.25, -0.2) is 4.98 Å². The fraction of sp³-hybridized carbons (Fsp3) is 0.129. The highest BCUT2D eigenvalue weighted by Gasteiger charge is 2.20. The molecule has 0 unspecified atom stereocenters. The van der Waals surface area contributed by atoms with E-state index in [1.54, 1.807) is 7.11 Å². The number of rotatable bonds is 7. The Morgan fingerprint density at radius 3 is 1.72 bits per heavy atom. The first-order valence-corrected chi connectivity index (χ1v) is 11.7. The molecule has 0 atom stereocenters. The third-order valence-corrected chi connectivity index (χ3v) is 6.40. The molecule has 0 aliphatic carbocycles. The zero-order valence-corrected chi connectivity index (χ0v) is 20.2. The summed E-state index contributed by atoms with van der Waals surface area (Å²) in [4.78, 5) is 4.85. The van der Waals surface area contributed by atoms with E-state index in [0.717, 1.165) is 38.9 Å². The van der Waals surface area contributed by atoms with Crippen molar-refractivity contribution >= 4 is 10.8 Å². The Balaban J connectivity index is 1.78. The quantitative estimate of drug-likeness (QED) is 0.290. The zero-order valence-electron chi connectivity index (χ0n) is 20.2. The van der Waals surface area contributed by atoms with E-state index in [-0.39, 0.29) is 13.2 Å². The number of aliphatic hydroxyl groups excluding tert-OH is 2. The van der Waals surface area contributed by atoms with Gasteiger partial charge in [0.1, 0.15) is 5.75 Å². The van der Waals surface area contributed by atoms with Crippen LogP contribution in [-0.2, 0) is 13.2 Å². The maximum atomic E-state index is 9.95. The van der Waals surface area contributed by atoms with Crippen LogP contribution in [0, 0.1) is 0 Å². The Kier molecular flexibility index (Phi) is 6.67. The second-order valence-corrected chi connectivity index (χ2v) is 8.51. The first-order chi connectivity index (χ1) is 17.7. The summed E-state index contributed by atoms with van der Waals surface area (Å²) in [5.74, 6) is 0.850. The van der Waals surface area contributed by atoms with Crippen LogP contribution in [-0.4, -0.2) is 29.4 Å². The number of aromatic nitrogens is 1. The van der Waals surface area contributed by atoms with E-state index in [2.05, 4.69) is 42.5 Å². The van der Waals surface area contributed by atoms with Gasteiger partial charge in [0.05, 0.1) is 38.5 Å². The number of ether oxygens (including phenoxy) is 2. The van der Waals surface area contributed by atoms with Gasteiger partial charge in [-0.1, -0.05) is 60.7 Å². The maximum Gasteiger partial charge on any atom is 0.225 e. The lowest BCUT2D eigenvalue weighted by atomic mass is 9.94. The summed E-state index contributed by atoms with van der Waals surface area (Å²) >= 11 is 0. The van der Waals surface area contributed by atoms with Gasteiger partial charge in [0.25, 0.3) is 0 Å². The van der Waals surface area contributed by atoms with Crippen molar-refractivity contribution in [1.82, 2.24) is 4.98 Å². The third-order valence-electron chi connectivity index (χ3n) is 6.40. The molecule has 5 rings (SSSR count). The molecule has 180 valence electrons. The van der Waals surface area contributed by atoms with Crippen LogP contribution < -0.4 is 9.47 Å². The van der Waals surface area contributed by atoms with Crippen molar-refractivity contribution in [1.29, 1.82) is 0 Å². The molecule has 0 spiro atoms. The van der Waals surface area contributed by atoms with Gasteiger partial charge in [-0.15, -0.1) is 0 Å². The molecular weight excluding hydrogens is 450 g/mol. The first kappa shape index (κ1) is 23.5. The third kappa shape index (κ3) is 4.31. The van der Waals surface area contributed by atoms with Crippen LogP contribution in [0.15, 0.2) is 91.0 Å². The number of hydrogen-bond acceptors (Lipinski definition) is 5. The van der Waals surface area contributed by atoms with Crippen molar-refractivity contribution in [2.24, 2.45) is 0 Å². The second kappa shape index (κ2) is 10.2. The number of methoxy groups -OCH3 is 2. The van der Waals surface area contributed by atoms with Crippen LogP contribution in [0.5, 0.6) is 11.6 Å². The van der Waals surface area contributed by atoms with E-state index in [1.807, 2.05) is 48.5 Å². The predicted molar refractivity (Wildman–Crippen MR) is 143 cm³/mol. The highest BCUT2D eigenvalue weighted by atomic mass is 16.5. The monoisotopic (exact) mass is 477 g/mol. The molecule has 0 aliphatic heterocycles. The minimum Gasteiger partial charge on any atom is -0.496 e. The van der Waals surface area contributed by atoms with Gasteiger partial charge in [0.2, 0.25) is 5.88 Å². The van der Waals surface area contributed by atoms with Gasteiger partial charge >= 0.3 is 0 Å². The Labute approximate surface area is 210 Å². The highest BCUT2D eigenvalue weighted by Crippen LogP contribution is 2.41. The molecule has 1 aromatic heterocycles. The molecular formula is C31H27NO4. The Hall–Kier alpha value is -4.19.